The van der Waals surface area contributed by atoms with E-state index in [4.69, 9.17) is 9.84 Å². The lowest BCUT2D eigenvalue weighted by Crippen LogP contribution is -2.50. The molecule has 1 heterocycles. The molecule has 4 rings (SSSR count). The number of rotatable bonds is 5. The average molecular weight is 422 g/mol. The summed E-state index contributed by atoms with van der Waals surface area (Å²) in [4.78, 5) is 37.7. The molecule has 1 aliphatic carbocycles. The number of fused-ring (bicyclic) bond motifs is 3. The van der Waals surface area contributed by atoms with Crippen molar-refractivity contribution in [2.75, 3.05) is 19.7 Å². The van der Waals surface area contributed by atoms with Crippen LogP contribution in [-0.4, -0.2) is 53.7 Å². The monoisotopic (exact) mass is 422 g/mol. The number of hydrogen-bond donors (Lipinski definition) is 2. The van der Waals surface area contributed by atoms with Gasteiger partial charge in [-0.25, -0.2) is 4.79 Å². The highest BCUT2D eigenvalue weighted by molar-refractivity contribution is 5.85. The topological polar surface area (TPSA) is 95.9 Å². The maximum absolute atomic E-state index is 12.6. The first-order valence-corrected chi connectivity index (χ1v) is 10.6. The largest absolute Gasteiger partial charge is 0.481 e. The van der Waals surface area contributed by atoms with Gasteiger partial charge in [-0.1, -0.05) is 48.5 Å². The van der Waals surface area contributed by atoms with Crippen LogP contribution in [-0.2, 0) is 14.3 Å². The second kappa shape index (κ2) is 8.79. The molecule has 1 aliphatic heterocycles. The average Bonchev–Trinajstić information content (AvgIpc) is 3.11. The number of piperidine rings is 1. The molecule has 31 heavy (non-hydrogen) atoms. The molecule has 0 saturated carbocycles. The fourth-order valence-electron chi connectivity index (χ4n) is 4.50. The lowest BCUT2D eigenvalue weighted by atomic mass is 9.97. The second-order valence-electron chi connectivity index (χ2n) is 8.13. The van der Waals surface area contributed by atoms with Crippen LogP contribution in [0.15, 0.2) is 48.5 Å². The third kappa shape index (κ3) is 4.26. The number of carbonyl (C=O) groups is 3. The van der Waals surface area contributed by atoms with Gasteiger partial charge in [-0.3, -0.25) is 9.59 Å². The Labute approximate surface area is 181 Å². The van der Waals surface area contributed by atoms with E-state index in [9.17, 15) is 14.4 Å². The summed E-state index contributed by atoms with van der Waals surface area (Å²) >= 11 is 0. The number of carbonyl (C=O) groups excluding carboxylic acids is 2. The van der Waals surface area contributed by atoms with Crippen molar-refractivity contribution in [2.24, 2.45) is 5.92 Å². The van der Waals surface area contributed by atoms with Crippen molar-refractivity contribution in [3.05, 3.63) is 59.7 Å². The minimum Gasteiger partial charge on any atom is -0.481 e. The van der Waals surface area contributed by atoms with E-state index in [1.54, 1.807) is 11.8 Å². The Morgan fingerprint density at radius 3 is 2.13 bits per heavy atom. The number of carboxylic acid groups (broad SMARTS) is 1. The Hall–Kier alpha value is -3.35. The third-order valence-corrected chi connectivity index (χ3v) is 6.20. The van der Waals surface area contributed by atoms with Gasteiger partial charge in [0.15, 0.2) is 0 Å². The van der Waals surface area contributed by atoms with Crippen molar-refractivity contribution in [3.63, 3.8) is 0 Å². The quantitative estimate of drug-likeness (QED) is 0.771. The molecular weight excluding hydrogens is 396 g/mol. The van der Waals surface area contributed by atoms with Gasteiger partial charge in [-0.15, -0.1) is 0 Å². The zero-order valence-corrected chi connectivity index (χ0v) is 17.4. The number of aliphatic carboxylic acids is 1. The molecule has 0 spiro atoms. The summed E-state index contributed by atoms with van der Waals surface area (Å²) in [7, 11) is 0. The maximum Gasteiger partial charge on any atom is 0.407 e. The third-order valence-electron chi connectivity index (χ3n) is 6.20. The molecular formula is C24H26N2O5. The highest BCUT2D eigenvalue weighted by Crippen LogP contribution is 2.44. The number of nitrogens with one attached hydrogen (secondary N) is 1. The summed E-state index contributed by atoms with van der Waals surface area (Å²) in [5.74, 6) is -1.50. The first kappa shape index (κ1) is 20.9. The fraction of sp³-hybridized carbons (Fsp3) is 0.375. The van der Waals surface area contributed by atoms with E-state index in [1.165, 1.54) is 0 Å². The van der Waals surface area contributed by atoms with Gasteiger partial charge in [0, 0.05) is 19.0 Å². The molecule has 2 aromatic carbocycles. The van der Waals surface area contributed by atoms with E-state index in [2.05, 4.69) is 17.4 Å². The van der Waals surface area contributed by atoms with Crippen molar-refractivity contribution >= 4 is 18.0 Å². The molecule has 7 nitrogen and oxygen atoms in total. The Kier molecular flexibility index (Phi) is 5.93. The molecule has 0 aromatic heterocycles. The number of benzene rings is 2. The molecule has 0 bridgehead atoms. The molecule has 0 unspecified atom stereocenters. The van der Waals surface area contributed by atoms with E-state index < -0.39 is 24.0 Å². The predicted octanol–water partition coefficient (Wildman–Crippen LogP) is 3.24. The van der Waals surface area contributed by atoms with Gasteiger partial charge in [0.2, 0.25) is 5.91 Å². The van der Waals surface area contributed by atoms with Crippen LogP contribution in [0.3, 0.4) is 0 Å². The van der Waals surface area contributed by atoms with E-state index in [0.717, 1.165) is 22.3 Å². The minimum absolute atomic E-state index is 0.0424. The van der Waals surface area contributed by atoms with Gasteiger partial charge in [0.25, 0.3) is 0 Å². The Morgan fingerprint density at radius 2 is 1.58 bits per heavy atom. The SMILES string of the molecule is C[C@@H](NC(=O)OCC1c2ccccc2-c2ccccc21)C(=O)N1CCC(C(=O)O)CC1. The molecule has 162 valence electrons. The zero-order valence-electron chi connectivity index (χ0n) is 17.4. The van der Waals surface area contributed by atoms with E-state index >= 15 is 0 Å². The minimum atomic E-state index is -0.822. The second-order valence-corrected chi connectivity index (χ2v) is 8.13. The first-order valence-electron chi connectivity index (χ1n) is 10.6. The van der Waals surface area contributed by atoms with Gasteiger partial charge in [0.05, 0.1) is 5.92 Å². The summed E-state index contributed by atoms with van der Waals surface area (Å²) in [6, 6.07) is 15.5. The molecule has 1 atom stereocenters. The summed E-state index contributed by atoms with van der Waals surface area (Å²) in [5.41, 5.74) is 4.56. The van der Waals surface area contributed by atoms with Crippen LogP contribution in [0, 0.1) is 5.92 Å². The van der Waals surface area contributed by atoms with Crippen LogP contribution in [0.4, 0.5) is 4.79 Å². The van der Waals surface area contributed by atoms with Gasteiger partial charge >= 0.3 is 12.1 Å². The Morgan fingerprint density at radius 1 is 1.03 bits per heavy atom. The molecule has 0 radical (unpaired) electrons. The standard InChI is InChI=1S/C24H26N2O5/c1-15(22(27)26-12-10-16(11-13-26)23(28)29)25-24(30)31-14-21-19-8-4-2-6-17(19)18-7-3-5-9-20(18)21/h2-9,15-16,21H,10-14H2,1H3,(H,25,30)(H,28,29)/t15-/m1/s1. The molecule has 7 heteroatoms. The molecule has 1 saturated heterocycles. The smallest absolute Gasteiger partial charge is 0.407 e. The van der Waals surface area contributed by atoms with Crippen molar-refractivity contribution in [1.29, 1.82) is 0 Å². The van der Waals surface area contributed by atoms with Gasteiger partial charge in [-0.2, -0.15) is 0 Å². The number of alkyl carbamates (subject to hydrolysis) is 1. The molecule has 2 amide bonds. The molecule has 1 fully saturated rings. The zero-order chi connectivity index (χ0) is 22.0. The first-order chi connectivity index (χ1) is 15.0. The lowest BCUT2D eigenvalue weighted by Gasteiger charge is -2.32. The van der Waals surface area contributed by atoms with Crippen LogP contribution in [0.2, 0.25) is 0 Å². The number of amides is 2. The highest BCUT2D eigenvalue weighted by atomic mass is 16.5. The van der Waals surface area contributed by atoms with Crippen LogP contribution < -0.4 is 5.32 Å². The summed E-state index contributed by atoms with van der Waals surface area (Å²) in [6.07, 6.45) is 0.223. The van der Waals surface area contributed by atoms with Crippen LogP contribution in [0.5, 0.6) is 0 Å². The maximum atomic E-state index is 12.6. The van der Waals surface area contributed by atoms with Gasteiger partial charge < -0.3 is 20.1 Å². The van der Waals surface area contributed by atoms with Gasteiger partial charge in [0.1, 0.15) is 12.6 Å². The summed E-state index contributed by atoms with van der Waals surface area (Å²) in [6.45, 7) is 2.57. The number of carboxylic acids is 1. The van der Waals surface area contributed by atoms with Crippen molar-refractivity contribution in [2.45, 2.75) is 31.7 Å². The van der Waals surface area contributed by atoms with Crippen molar-refractivity contribution in [1.82, 2.24) is 10.2 Å². The number of nitrogens with zero attached hydrogens (tertiary/aromatic N) is 1. The summed E-state index contributed by atoms with van der Waals surface area (Å²) in [5, 5.41) is 11.7. The van der Waals surface area contributed by atoms with E-state index in [-0.39, 0.29) is 18.4 Å². The Balaban J connectivity index is 1.33. The Bertz CT molecular complexity index is 951. The number of hydrogen-bond acceptors (Lipinski definition) is 4. The number of ether oxygens (including phenoxy) is 1. The van der Waals surface area contributed by atoms with Gasteiger partial charge in [-0.05, 0) is 42.0 Å². The molecule has 2 N–H and O–H groups in total. The highest BCUT2D eigenvalue weighted by Gasteiger charge is 2.31. The summed E-state index contributed by atoms with van der Waals surface area (Å²) < 4.78 is 5.50. The normalized spacial score (nSPS) is 16.9. The van der Waals surface area contributed by atoms with Crippen molar-refractivity contribution < 1.29 is 24.2 Å². The molecule has 2 aliphatic rings. The van der Waals surface area contributed by atoms with Crippen LogP contribution in [0.1, 0.15) is 36.8 Å². The predicted molar refractivity (Wildman–Crippen MR) is 115 cm³/mol. The van der Waals surface area contributed by atoms with Crippen LogP contribution in [0.25, 0.3) is 11.1 Å². The lowest BCUT2D eigenvalue weighted by molar-refractivity contribution is -0.146. The van der Waals surface area contributed by atoms with E-state index in [0.29, 0.717) is 25.9 Å². The number of likely N-dealkylation sites (tertiary alicyclic amines) is 1. The fourth-order valence-corrected chi connectivity index (χ4v) is 4.50. The molecule has 2 aromatic rings. The van der Waals surface area contributed by atoms with Crippen LogP contribution >= 0.6 is 0 Å². The van der Waals surface area contributed by atoms with Crippen molar-refractivity contribution in [3.8, 4) is 11.1 Å². The van der Waals surface area contributed by atoms with E-state index in [1.807, 2.05) is 36.4 Å².